The highest BCUT2D eigenvalue weighted by molar-refractivity contribution is 7.22. The summed E-state index contributed by atoms with van der Waals surface area (Å²) in [5.74, 6) is -0.0000788. The Morgan fingerprint density at radius 1 is 0.943 bits per heavy atom. The maximum absolute atomic E-state index is 13.5. The van der Waals surface area contributed by atoms with Crippen molar-refractivity contribution in [3.05, 3.63) is 77.9 Å². The first-order valence-electron chi connectivity index (χ1n) is 11.0. The number of hydrogen-bond acceptors (Lipinski definition) is 6. The van der Waals surface area contributed by atoms with Crippen molar-refractivity contribution in [3.63, 3.8) is 0 Å². The van der Waals surface area contributed by atoms with Crippen molar-refractivity contribution in [2.24, 2.45) is 0 Å². The molecule has 0 aliphatic heterocycles. The topological polar surface area (TPSA) is 82.1 Å². The van der Waals surface area contributed by atoms with Gasteiger partial charge in [-0.1, -0.05) is 30.3 Å². The molecule has 0 spiro atoms. The Bertz CT molecular complexity index is 1370. The number of Topliss-reactive ketones (excluding diaryl/α,β-unsaturated/α-hetero) is 1. The van der Waals surface area contributed by atoms with E-state index in [0.29, 0.717) is 28.4 Å². The Morgan fingerprint density at radius 3 is 2.40 bits per heavy atom. The molecule has 3 aromatic carbocycles. The van der Waals surface area contributed by atoms with Crippen LogP contribution in [0.5, 0.6) is 17.2 Å². The summed E-state index contributed by atoms with van der Waals surface area (Å²) < 4.78 is 18.1. The van der Waals surface area contributed by atoms with E-state index in [1.165, 1.54) is 21.0 Å². The zero-order valence-corrected chi connectivity index (χ0v) is 20.8. The second kappa shape index (κ2) is 9.80. The Hall–Kier alpha value is -3.84. The van der Waals surface area contributed by atoms with E-state index < -0.39 is 11.6 Å². The minimum absolute atomic E-state index is 0.0628. The average molecular weight is 491 g/mol. The lowest BCUT2D eigenvalue weighted by Crippen LogP contribution is -2.37. The molecule has 0 atom stereocenters. The van der Waals surface area contributed by atoms with Gasteiger partial charge in [0.15, 0.2) is 11.4 Å². The fourth-order valence-electron chi connectivity index (χ4n) is 3.85. The number of aliphatic carboxylic acids is 1. The van der Waals surface area contributed by atoms with Crippen LogP contribution in [-0.2, 0) is 11.2 Å². The maximum Gasteiger partial charge on any atom is 0.347 e. The second-order valence-corrected chi connectivity index (χ2v) is 9.62. The van der Waals surface area contributed by atoms with Crippen molar-refractivity contribution in [2.75, 3.05) is 14.2 Å². The van der Waals surface area contributed by atoms with Crippen molar-refractivity contribution in [3.8, 4) is 27.7 Å². The standard InChI is InChI=1S/C28H26O6S/c1-28(2,27(30)31)34-19-10-7-8-17(14-19)15-21(29)25-22(32-3)13-12-20(26(25)33-4)24-16-18-9-5-6-11-23(18)35-24/h5-14,16H,15H2,1-4H3,(H,30,31). The Kier molecular flexibility index (Phi) is 6.80. The smallest absolute Gasteiger partial charge is 0.347 e. The largest absolute Gasteiger partial charge is 0.496 e. The lowest BCUT2D eigenvalue weighted by Gasteiger charge is -2.21. The number of carbonyl (C=O) groups excluding carboxylic acids is 1. The summed E-state index contributed by atoms with van der Waals surface area (Å²) in [4.78, 5) is 25.9. The molecule has 0 radical (unpaired) electrons. The van der Waals surface area contributed by atoms with Gasteiger partial charge in [0.25, 0.3) is 0 Å². The van der Waals surface area contributed by atoms with Crippen molar-refractivity contribution >= 4 is 33.2 Å². The van der Waals surface area contributed by atoms with Crippen LogP contribution in [0.25, 0.3) is 20.5 Å². The molecule has 180 valence electrons. The third kappa shape index (κ3) is 5.00. The Balaban J connectivity index is 1.70. The molecule has 0 unspecified atom stereocenters. The highest BCUT2D eigenvalue weighted by Gasteiger charge is 2.29. The van der Waals surface area contributed by atoms with E-state index in [1.54, 1.807) is 48.8 Å². The summed E-state index contributed by atoms with van der Waals surface area (Å²) in [6, 6.07) is 20.8. The minimum Gasteiger partial charge on any atom is -0.496 e. The quantitative estimate of drug-likeness (QED) is 0.279. The molecule has 35 heavy (non-hydrogen) atoms. The minimum atomic E-state index is -1.40. The number of methoxy groups -OCH3 is 2. The summed E-state index contributed by atoms with van der Waals surface area (Å²) in [6.45, 7) is 2.95. The Labute approximate surface area is 207 Å². The predicted octanol–water partition coefficient (Wildman–Crippen LogP) is 6.25. The van der Waals surface area contributed by atoms with Gasteiger partial charge in [-0.15, -0.1) is 11.3 Å². The van der Waals surface area contributed by atoms with Gasteiger partial charge in [-0.25, -0.2) is 4.79 Å². The van der Waals surface area contributed by atoms with E-state index in [2.05, 4.69) is 18.2 Å². The number of carbonyl (C=O) groups is 2. The first kappa shape index (κ1) is 24.3. The van der Waals surface area contributed by atoms with Gasteiger partial charge in [-0.3, -0.25) is 4.79 Å². The highest BCUT2D eigenvalue weighted by atomic mass is 32.1. The number of fused-ring (bicyclic) bond motifs is 1. The van der Waals surface area contributed by atoms with Gasteiger partial charge in [-0.05, 0) is 61.2 Å². The molecule has 1 N–H and O–H groups in total. The normalized spacial score (nSPS) is 11.3. The zero-order chi connectivity index (χ0) is 25.2. The SMILES string of the molecule is COc1ccc(-c2cc3ccccc3s2)c(OC)c1C(=O)Cc1cccc(OC(C)(C)C(=O)O)c1. The number of carboxylic acids is 1. The van der Waals surface area contributed by atoms with Gasteiger partial charge < -0.3 is 19.3 Å². The number of carboxylic acid groups (broad SMARTS) is 1. The molecule has 0 aliphatic carbocycles. The molecule has 4 rings (SSSR count). The van der Waals surface area contributed by atoms with Gasteiger partial charge in [-0.2, -0.15) is 0 Å². The van der Waals surface area contributed by atoms with Crippen LogP contribution < -0.4 is 14.2 Å². The van der Waals surface area contributed by atoms with Crippen LogP contribution in [0.3, 0.4) is 0 Å². The van der Waals surface area contributed by atoms with E-state index in [-0.39, 0.29) is 12.2 Å². The van der Waals surface area contributed by atoms with Crippen LogP contribution >= 0.6 is 11.3 Å². The van der Waals surface area contributed by atoms with Crippen LogP contribution in [0.15, 0.2) is 66.7 Å². The average Bonchev–Trinajstić information content (AvgIpc) is 3.27. The molecular weight excluding hydrogens is 464 g/mol. The summed E-state index contributed by atoms with van der Waals surface area (Å²) in [7, 11) is 3.07. The third-order valence-electron chi connectivity index (χ3n) is 5.66. The number of ether oxygens (including phenoxy) is 3. The maximum atomic E-state index is 13.5. The van der Waals surface area contributed by atoms with Gasteiger partial charge in [0, 0.05) is 21.6 Å². The first-order valence-corrected chi connectivity index (χ1v) is 11.8. The summed E-state index contributed by atoms with van der Waals surface area (Å²) >= 11 is 1.63. The van der Waals surface area contributed by atoms with Crippen molar-refractivity contribution in [1.29, 1.82) is 0 Å². The molecule has 7 heteroatoms. The number of ketones is 1. The number of hydrogen-bond donors (Lipinski definition) is 1. The lowest BCUT2D eigenvalue weighted by molar-refractivity contribution is -0.152. The lowest BCUT2D eigenvalue weighted by atomic mass is 9.97. The molecule has 4 aromatic rings. The van der Waals surface area contributed by atoms with E-state index in [9.17, 15) is 14.7 Å². The predicted molar refractivity (Wildman–Crippen MR) is 137 cm³/mol. The molecule has 0 bridgehead atoms. The van der Waals surface area contributed by atoms with Crippen LogP contribution in [0.1, 0.15) is 29.8 Å². The van der Waals surface area contributed by atoms with Crippen molar-refractivity contribution in [1.82, 2.24) is 0 Å². The van der Waals surface area contributed by atoms with Crippen LogP contribution in [0.2, 0.25) is 0 Å². The summed E-state index contributed by atoms with van der Waals surface area (Å²) in [5.41, 5.74) is 0.471. The molecule has 0 aliphatic rings. The Morgan fingerprint density at radius 2 is 1.71 bits per heavy atom. The van der Waals surface area contributed by atoms with Gasteiger partial charge in [0.2, 0.25) is 0 Å². The summed E-state index contributed by atoms with van der Waals surface area (Å²) in [6.07, 6.45) is 0.0628. The fourth-order valence-corrected chi connectivity index (χ4v) is 4.94. The molecule has 1 aromatic heterocycles. The number of rotatable bonds is 9. The zero-order valence-electron chi connectivity index (χ0n) is 20.0. The highest BCUT2D eigenvalue weighted by Crippen LogP contribution is 2.43. The van der Waals surface area contributed by atoms with E-state index in [1.807, 2.05) is 18.2 Å². The van der Waals surface area contributed by atoms with E-state index >= 15 is 0 Å². The van der Waals surface area contributed by atoms with E-state index in [0.717, 1.165) is 20.5 Å². The molecule has 0 fully saturated rings. The molecular formula is C28H26O6S. The monoisotopic (exact) mass is 490 g/mol. The second-order valence-electron chi connectivity index (χ2n) is 8.54. The fraction of sp³-hybridized carbons (Fsp3) is 0.214. The molecule has 0 saturated carbocycles. The van der Waals surface area contributed by atoms with Crippen LogP contribution in [0.4, 0.5) is 0 Å². The van der Waals surface area contributed by atoms with Crippen LogP contribution in [-0.4, -0.2) is 36.7 Å². The number of benzene rings is 3. The van der Waals surface area contributed by atoms with E-state index in [4.69, 9.17) is 14.2 Å². The molecule has 0 amide bonds. The van der Waals surface area contributed by atoms with Gasteiger partial charge >= 0.3 is 5.97 Å². The third-order valence-corrected chi connectivity index (χ3v) is 6.81. The van der Waals surface area contributed by atoms with Crippen LogP contribution in [0, 0.1) is 0 Å². The first-order chi connectivity index (χ1) is 16.7. The van der Waals surface area contributed by atoms with Crippen molar-refractivity contribution in [2.45, 2.75) is 25.9 Å². The molecule has 0 saturated heterocycles. The number of thiophene rings is 1. The summed E-state index contributed by atoms with van der Waals surface area (Å²) in [5, 5.41) is 10.5. The van der Waals surface area contributed by atoms with Gasteiger partial charge in [0.05, 0.1) is 14.2 Å². The van der Waals surface area contributed by atoms with Crippen molar-refractivity contribution < 1.29 is 28.9 Å². The molecule has 6 nitrogen and oxygen atoms in total. The molecule has 1 heterocycles. The van der Waals surface area contributed by atoms with Gasteiger partial charge in [0.1, 0.15) is 22.8 Å².